The molecule has 1 atom stereocenters. The fourth-order valence-corrected chi connectivity index (χ4v) is 4.29. The number of benzene rings is 3. The molecule has 0 bridgehead atoms. The molecule has 0 aliphatic rings. The van der Waals surface area contributed by atoms with E-state index < -0.39 is 6.04 Å². The smallest absolute Gasteiger partial charge is 0.242 e. The van der Waals surface area contributed by atoms with Crippen molar-refractivity contribution in [3.63, 3.8) is 0 Å². The first-order valence-electron chi connectivity index (χ1n) is 10.5. The average molecular weight is 451 g/mol. The molecular formula is C26H27FN2O2S. The second-order valence-electron chi connectivity index (χ2n) is 7.45. The van der Waals surface area contributed by atoms with Crippen LogP contribution in [0.1, 0.15) is 16.7 Å². The Balaban J connectivity index is 1.80. The van der Waals surface area contributed by atoms with Gasteiger partial charge in [-0.15, -0.1) is 11.8 Å². The number of halogens is 1. The standard InChI is InChI=1S/C26H27FN2O2S/c1-28-26(31)24(16-20-8-4-2-5-9-20)29(17-21-12-14-23(27)15-13-21)25(30)19-32-18-22-10-6-3-7-11-22/h2-15,24H,16-19H2,1H3,(H,28,31). The minimum atomic E-state index is -0.669. The van der Waals surface area contributed by atoms with Gasteiger partial charge in [-0.1, -0.05) is 72.8 Å². The fraction of sp³-hybridized carbons (Fsp3) is 0.231. The Morgan fingerprint density at radius 2 is 1.47 bits per heavy atom. The number of carbonyl (C=O) groups is 2. The quantitative estimate of drug-likeness (QED) is 0.497. The molecule has 0 fully saturated rings. The lowest BCUT2D eigenvalue weighted by Crippen LogP contribution is -2.50. The summed E-state index contributed by atoms with van der Waals surface area (Å²) >= 11 is 1.52. The van der Waals surface area contributed by atoms with E-state index in [1.54, 1.807) is 24.1 Å². The normalized spacial score (nSPS) is 11.6. The summed E-state index contributed by atoms with van der Waals surface area (Å²) in [7, 11) is 1.57. The molecule has 0 saturated heterocycles. The van der Waals surface area contributed by atoms with E-state index >= 15 is 0 Å². The topological polar surface area (TPSA) is 49.4 Å². The first kappa shape index (κ1) is 23.5. The zero-order chi connectivity index (χ0) is 22.8. The predicted octanol–water partition coefficient (Wildman–Crippen LogP) is 4.45. The van der Waals surface area contributed by atoms with Crippen molar-refractivity contribution in [2.45, 2.75) is 24.8 Å². The molecule has 6 heteroatoms. The SMILES string of the molecule is CNC(=O)C(Cc1ccccc1)N(Cc1ccc(F)cc1)C(=O)CSCc1ccccc1. The fourth-order valence-electron chi connectivity index (χ4n) is 3.42. The molecule has 0 aliphatic heterocycles. The van der Waals surface area contributed by atoms with E-state index in [9.17, 15) is 14.0 Å². The Morgan fingerprint density at radius 3 is 2.06 bits per heavy atom. The minimum absolute atomic E-state index is 0.125. The number of likely N-dealkylation sites (N-methyl/N-ethyl adjacent to an activating group) is 1. The molecule has 1 N–H and O–H groups in total. The first-order chi connectivity index (χ1) is 15.6. The van der Waals surface area contributed by atoms with Gasteiger partial charge in [0.1, 0.15) is 11.9 Å². The maximum Gasteiger partial charge on any atom is 0.242 e. The van der Waals surface area contributed by atoms with E-state index in [4.69, 9.17) is 0 Å². The predicted molar refractivity (Wildman–Crippen MR) is 128 cm³/mol. The lowest BCUT2D eigenvalue weighted by molar-refractivity contribution is -0.139. The zero-order valence-electron chi connectivity index (χ0n) is 18.0. The van der Waals surface area contributed by atoms with E-state index in [2.05, 4.69) is 5.32 Å². The number of carbonyl (C=O) groups excluding carboxylic acids is 2. The summed E-state index contributed by atoms with van der Waals surface area (Å²) in [6.45, 7) is 0.232. The molecule has 4 nitrogen and oxygen atoms in total. The molecule has 0 aromatic heterocycles. The van der Waals surface area contributed by atoms with Crippen LogP contribution in [-0.4, -0.2) is 35.6 Å². The van der Waals surface area contributed by atoms with Crippen LogP contribution in [0.4, 0.5) is 4.39 Å². The zero-order valence-corrected chi connectivity index (χ0v) is 18.9. The van der Waals surface area contributed by atoms with Crippen LogP contribution in [0.2, 0.25) is 0 Å². The third kappa shape index (κ3) is 6.95. The van der Waals surface area contributed by atoms with Crippen LogP contribution in [0, 0.1) is 5.82 Å². The Morgan fingerprint density at radius 1 is 0.875 bits per heavy atom. The van der Waals surface area contributed by atoms with Gasteiger partial charge in [0.15, 0.2) is 0 Å². The van der Waals surface area contributed by atoms with Crippen LogP contribution in [-0.2, 0) is 28.3 Å². The minimum Gasteiger partial charge on any atom is -0.357 e. The number of hydrogen-bond acceptors (Lipinski definition) is 3. The molecule has 166 valence electrons. The number of nitrogens with zero attached hydrogens (tertiary/aromatic N) is 1. The van der Waals surface area contributed by atoms with Gasteiger partial charge >= 0.3 is 0 Å². The van der Waals surface area contributed by atoms with Crippen molar-refractivity contribution in [3.05, 3.63) is 107 Å². The van der Waals surface area contributed by atoms with Crippen molar-refractivity contribution in [2.75, 3.05) is 12.8 Å². The molecule has 3 aromatic rings. The third-order valence-electron chi connectivity index (χ3n) is 5.12. The molecule has 2 amide bonds. The van der Waals surface area contributed by atoms with Gasteiger partial charge in [-0.05, 0) is 28.8 Å². The van der Waals surface area contributed by atoms with Crippen molar-refractivity contribution in [3.8, 4) is 0 Å². The average Bonchev–Trinajstić information content (AvgIpc) is 2.83. The highest BCUT2D eigenvalue weighted by Crippen LogP contribution is 2.18. The summed E-state index contributed by atoms with van der Waals surface area (Å²) in [6, 6.07) is 25.0. The molecule has 3 aromatic carbocycles. The Hall–Kier alpha value is -3.12. The largest absolute Gasteiger partial charge is 0.357 e. The summed E-state index contributed by atoms with van der Waals surface area (Å²) < 4.78 is 13.4. The number of thioether (sulfide) groups is 1. The van der Waals surface area contributed by atoms with Crippen LogP contribution >= 0.6 is 11.8 Å². The number of hydrogen-bond donors (Lipinski definition) is 1. The van der Waals surface area contributed by atoms with Gasteiger partial charge < -0.3 is 10.2 Å². The highest BCUT2D eigenvalue weighted by atomic mass is 32.2. The highest BCUT2D eigenvalue weighted by Gasteiger charge is 2.29. The van der Waals surface area contributed by atoms with E-state index in [0.717, 1.165) is 16.7 Å². The lowest BCUT2D eigenvalue weighted by Gasteiger charge is -2.31. The molecule has 0 radical (unpaired) electrons. The molecule has 0 spiro atoms. The number of rotatable bonds is 10. The van der Waals surface area contributed by atoms with Gasteiger partial charge in [-0.25, -0.2) is 4.39 Å². The van der Waals surface area contributed by atoms with Gasteiger partial charge in [0.25, 0.3) is 0 Å². The summed E-state index contributed by atoms with van der Waals surface area (Å²) in [4.78, 5) is 27.7. The highest BCUT2D eigenvalue weighted by molar-refractivity contribution is 7.99. The monoisotopic (exact) mass is 450 g/mol. The van der Waals surface area contributed by atoms with E-state index in [-0.39, 0.29) is 29.9 Å². The van der Waals surface area contributed by atoms with E-state index in [1.807, 2.05) is 60.7 Å². The van der Waals surface area contributed by atoms with Crippen LogP contribution in [0.3, 0.4) is 0 Å². The van der Waals surface area contributed by atoms with E-state index in [0.29, 0.717) is 12.2 Å². The third-order valence-corrected chi connectivity index (χ3v) is 6.11. The molecular weight excluding hydrogens is 423 g/mol. The first-order valence-corrected chi connectivity index (χ1v) is 11.6. The molecule has 32 heavy (non-hydrogen) atoms. The Labute approximate surface area is 192 Å². The van der Waals surface area contributed by atoms with Crippen LogP contribution in [0.25, 0.3) is 0 Å². The van der Waals surface area contributed by atoms with Gasteiger partial charge in [-0.2, -0.15) is 0 Å². The molecule has 1 unspecified atom stereocenters. The second kappa shape index (κ2) is 12.1. The number of amides is 2. The van der Waals surface area contributed by atoms with Gasteiger partial charge in [0.2, 0.25) is 11.8 Å². The van der Waals surface area contributed by atoms with Crippen molar-refractivity contribution < 1.29 is 14.0 Å². The van der Waals surface area contributed by atoms with Gasteiger partial charge in [0, 0.05) is 25.8 Å². The Kier molecular flexibility index (Phi) is 8.87. The molecule has 3 rings (SSSR count). The second-order valence-corrected chi connectivity index (χ2v) is 8.43. The summed E-state index contributed by atoms with van der Waals surface area (Å²) in [5.74, 6) is 0.271. The van der Waals surface area contributed by atoms with Crippen molar-refractivity contribution >= 4 is 23.6 Å². The van der Waals surface area contributed by atoms with Crippen molar-refractivity contribution in [2.24, 2.45) is 0 Å². The summed E-state index contributed by atoms with van der Waals surface area (Å²) in [6.07, 6.45) is 0.400. The van der Waals surface area contributed by atoms with Crippen molar-refractivity contribution in [1.82, 2.24) is 10.2 Å². The maximum atomic E-state index is 13.4. The van der Waals surface area contributed by atoms with Crippen LogP contribution in [0.15, 0.2) is 84.9 Å². The van der Waals surface area contributed by atoms with Crippen LogP contribution in [0.5, 0.6) is 0 Å². The molecule has 0 heterocycles. The van der Waals surface area contributed by atoms with Gasteiger partial charge in [0.05, 0.1) is 5.75 Å². The van der Waals surface area contributed by atoms with Crippen LogP contribution < -0.4 is 5.32 Å². The lowest BCUT2D eigenvalue weighted by atomic mass is 10.0. The summed E-state index contributed by atoms with van der Waals surface area (Å²) in [5.41, 5.74) is 2.88. The van der Waals surface area contributed by atoms with Gasteiger partial charge in [-0.3, -0.25) is 9.59 Å². The maximum absolute atomic E-state index is 13.4. The molecule has 0 saturated carbocycles. The molecule has 0 aliphatic carbocycles. The number of nitrogens with one attached hydrogen (secondary N) is 1. The Bertz CT molecular complexity index is 997. The van der Waals surface area contributed by atoms with Crippen molar-refractivity contribution in [1.29, 1.82) is 0 Å². The van der Waals surface area contributed by atoms with E-state index in [1.165, 1.54) is 23.9 Å². The summed E-state index contributed by atoms with van der Waals surface area (Å²) in [5, 5.41) is 2.70.